The van der Waals surface area contributed by atoms with Crippen LogP contribution in [0.2, 0.25) is 0 Å². The Kier molecular flexibility index (Phi) is 12.0. The highest BCUT2D eigenvalue weighted by Gasteiger charge is 2.05. The molecular formula is C13H27Br. The van der Waals surface area contributed by atoms with Crippen molar-refractivity contribution in [3.8, 4) is 0 Å². The number of hydrogen-bond acceptors (Lipinski definition) is 0. The first-order chi connectivity index (χ1) is 6.85. The van der Waals surface area contributed by atoms with Gasteiger partial charge in [-0.15, -0.1) is 0 Å². The normalized spacial score (nSPS) is 13.1. The van der Waals surface area contributed by atoms with Crippen LogP contribution in [0.15, 0.2) is 0 Å². The summed E-state index contributed by atoms with van der Waals surface area (Å²) in [5.41, 5.74) is 0. The highest BCUT2D eigenvalue weighted by atomic mass is 79.9. The van der Waals surface area contributed by atoms with Gasteiger partial charge in [-0.2, -0.15) is 0 Å². The Labute approximate surface area is 99.0 Å². The Morgan fingerprint density at radius 1 is 0.857 bits per heavy atom. The van der Waals surface area contributed by atoms with E-state index in [9.17, 15) is 0 Å². The smallest absolute Gasteiger partial charge is 0.00313 e. The van der Waals surface area contributed by atoms with Crippen LogP contribution < -0.4 is 0 Å². The molecule has 0 amide bonds. The molecule has 0 aromatic carbocycles. The predicted octanol–water partition coefficient (Wildman–Crippen LogP) is 5.55. The molecule has 86 valence electrons. The van der Waals surface area contributed by atoms with Gasteiger partial charge in [-0.05, 0) is 12.3 Å². The number of halogens is 1. The average molecular weight is 263 g/mol. The van der Waals surface area contributed by atoms with Crippen LogP contribution in [0.5, 0.6) is 0 Å². The molecule has 0 fully saturated rings. The van der Waals surface area contributed by atoms with Gasteiger partial charge < -0.3 is 0 Å². The van der Waals surface area contributed by atoms with Gasteiger partial charge in [0, 0.05) is 5.33 Å². The fourth-order valence-corrected chi connectivity index (χ4v) is 2.34. The van der Waals surface area contributed by atoms with Gasteiger partial charge in [0.15, 0.2) is 0 Å². The summed E-state index contributed by atoms with van der Waals surface area (Å²) >= 11 is 3.49. The highest BCUT2D eigenvalue weighted by Crippen LogP contribution is 2.20. The Hall–Kier alpha value is 0.480. The van der Waals surface area contributed by atoms with Crippen molar-refractivity contribution in [1.29, 1.82) is 0 Å². The van der Waals surface area contributed by atoms with Crippen molar-refractivity contribution in [3.63, 3.8) is 0 Å². The summed E-state index contributed by atoms with van der Waals surface area (Å²) in [5, 5.41) is 1.18. The zero-order valence-electron chi connectivity index (χ0n) is 10.0. The van der Waals surface area contributed by atoms with Crippen LogP contribution in [-0.2, 0) is 0 Å². The van der Waals surface area contributed by atoms with E-state index < -0.39 is 0 Å². The largest absolute Gasteiger partial charge is 0.0928 e. The first-order valence-corrected chi connectivity index (χ1v) is 7.53. The molecule has 1 atom stereocenters. The van der Waals surface area contributed by atoms with Crippen LogP contribution in [0.3, 0.4) is 0 Å². The standard InChI is InChI=1S/C13H27Br/c1-3-5-6-7-10-13(4-2)11-8-9-12-14/h13H,3-12H2,1-2H3. The van der Waals surface area contributed by atoms with Crippen molar-refractivity contribution in [1.82, 2.24) is 0 Å². The summed E-state index contributed by atoms with van der Waals surface area (Å²) < 4.78 is 0. The summed E-state index contributed by atoms with van der Waals surface area (Å²) in [6, 6.07) is 0. The fourth-order valence-electron chi connectivity index (χ4n) is 1.94. The quantitative estimate of drug-likeness (QED) is 0.358. The maximum atomic E-state index is 3.49. The molecule has 0 bridgehead atoms. The van der Waals surface area contributed by atoms with Gasteiger partial charge in [0.2, 0.25) is 0 Å². The van der Waals surface area contributed by atoms with E-state index >= 15 is 0 Å². The maximum absolute atomic E-state index is 3.49. The molecule has 0 spiro atoms. The second kappa shape index (κ2) is 11.6. The monoisotopic (exact) mass is 262 g/mol. The minimum atomic E-state index is 1.01. The lowest BCUT2D eigenvalue weighted by molar-refractivity contribution is 0.402. The molecule has 0 radical (unpaired) electrons. The second-order valence-electron chi connectivity index (χ2n) is 4.31. The molecule has 0 rings (SSSR count). The Morgan fingerprint density at radius 2 is 1.50 bits per heavy atom. The van der Waals surface area contributed by atoms with E-state index in [4.69, 9.17) is 0 Å². The van der Waals surface area contributed by atoms with Crippen molar-refractivity contribution in [2.75, 3.05) is 5.33 Å². The molecular weight excluding hydrogens is 236 g/mol. The first kappa shape index (κ1) is 14.5. The lowest BCUT2D eigenvalue weighted by atomic mass is 9.93. The molecule has 0 aliphatic heterocycles. The summed E-state index contributed by atoms with van der Waals surface area (Å²) in [7, 11) is 0. The SMILES string of the molecule is CCCCCCC(CC)CCCCBr. The van der Waals surface area contributed by atoms with Crippen molar-refractivity contribution < 1.29 is 0 Å². The summed E-state index contributed by atoms with van der Waals surface area (Å²) in [6.07, 6.45) is 12.8. The molecule has 0 heterocycles. The molecule has 0 aliphatic rings. The highest BCUT2D eigenvalue weighted by molar-refractivity contribution is 9.09. The molecule has 0 saturated heterocycles. The molecule has 0 N–H and O–H groups in total. The minimum absolute atomic E-state index is 1.01. The summed E-state index contributed by atoms with van der Waals surface area (Å²) in [6.45, 7) is 4.63. The predicted molar refractivity (Wildman–Crippen MR) is 70.2 cm³/mol. The molecule has 14 heavy (non-hydrogen) atoms. The number of rotatable bonds is 10. The van der Waals surface area contributed by atoms with E-state index in [0.29, 0.717) is 0 Å². The zero-order valence-corrected chi connectivity index (χ0v) is 11.6. The minimum Gasteiger partial charge on any atom is -0.0928 e. The number of hydrogen-bond donors (Lipinski definition) is 0. The third kappa shape index (κ3) is 9.05. The zero-order chi connectivity index (χ0) is 10.6. The summed E-state index contributed by atoms with van der Waals surface area (Å²) in [5.74, 6) is 1.01. The van der Waals surface area contributed by atoms with E-state index in [2.05, 4.69) is 29.8 Å². The molecule has 0 nitrogen and oxygen atoms in total. The van der Waals surface area contributed by atoms with E-state index in [0.717, 1.165) is 5.92 Å². The molecule has 1 unspecified atom stereocenters. The van der Waals surface area contributed by atoms with E-state index in [1.807, 2.05) is 0 Å². The molecule has 1 heteroatoms. The van der Waals surface area contributed by atoms with Gasteiger partial charge in [-0.3, -0.25) is 0 Å². The second-order valence-corrected chi connectivity index (χ2v) is 5.10. The van der Waals surface area contributed by atoms with E-state index in [1.165, 1.54) is 63.1 Å². The van der Waals surface area contributed by atoms with Gasteiger partial charge in [0.05, 0.1) is 0 Å². The lowest BCUT2D eigenvalue weighted by Crippen LogP contribution is -1.99. The Bertz CT molecular complexity index is 101. The van der Waals surface area contributed by atoms with E-state index in [1.54, 1.807) is 0 Å². The van der Waals surface area contributed by atoms with Gasteiger partial charge in [-0.25, -0.2) is 0 Å². The van der Waals surface area contributed by atoms with Crippen LogP contribution in [-0.4, -0.2) is 5.33 Å². The van der Waals surface area contributed by atoms with Gasteiger partial charge in [0.1, 0.15) is 0 Å². The third-order valence-electron chi connectivity index (χ3n) is 3.04. The fraction of sp³-hybridized carbons (Fsp3) is 1.00. The van der Waals surface area contributed by atoms with Gasteiger partial charge in [0.25, 0.3) is 0 Å². The third-order valence-corrected chi connectivity index (χ3v) is 3.60. The van der Waals surface area contributed by atoms with Crippen LogP contribution in [0.1, 0.15) is 71.6 Å². The van der Waals surface area contributed by atoms with Crippen LogP contribution >= 0.6 is 15.9 Å². The molecule has 0 saturated carbocycles. The number of unbranched alkanes of at least 4 members (excludes halogenated alkanes) is 4. The molecule has 0 aromatic rings. The molecule has 0 aliphatic carbocycles. The number of alkyl halides is 1. The van der Waals surface area contributed by atoms with Crippen molar-refractivity contribution in [2.45, 2.75) is 71.6 Å². The summed E-state index contributed by atoms with van der Waals surface area (Å²) in [4.78, 5) is 0. The van der Waals surface area contributed by atoms with Crippen molar-refractivity contribution in [3.05, 3.63) is 0 Å². The van der Waals surface area contributed by atoms with Gasteiger partial charge in [-0.1, -0.05) is 81.1 Å². The van der Waals surface area contributed by atoms with E-state index in [-0.39, 0.29) is 0 Å². The maximum Gasteiger partial charge on any atom is 0.00313 e. The van der Waals surface area contributed by atoms with Crippen LogP contribution in [0.4, 0.5) is 0 Å². The molecule has 0 aromatic heterocycles. The lowest BCUT2D eigenvalue weighted by Gasteiger charge is -2.13. The Balaban J connectivity index is 3.28. The van der Waals surface area contributed by atoms with Crippen molar-refractivity contribution in [2.24, 2.45) is 5.92 Å². The van der Waals surface area contributed by atoms with Gasteiger partial charge >= 0.3 is 0 Å². The first-order valence-electron chi connectivity index (χ1n) is 6.41. The van der Waals surface area contributed by atoms with Crippen LogP contribution in [0, 0.1) is 5.92 Å². The van der Waals surface area contributed by atoms with Crippen molar-refractivity contribution >= 4 is 15.9 Å². The average Bonchev–Trinajstić information content (AvgIpc) is 2.22. The topological polar surface area (TPSA) is 0 Å². The van der Waals surface area contributed by atoms with Crippen LogP contribution in [0.25, 0.3) is 0 Å². The Morgan fingerprint density at radius 3 is 2.00 bits per heavy atom.